The van der Waals surface area contributed by atoms with Gasteiger partial charge in [-0.1, -0.05) is 0 Å². The van der Waals surface area contributed by atoms with Crippen molar-refractivity contribution in [2.45, 2.75) is 20.3 Å². The fourth-order valence-electron chi connectivity index (χ4n) is 2.22. The molecule has 0 fully saturated rings. The molecule has 0 aliphatic rings. The van der Waals surface area contributed by atoms with Gasteiger partial charge < -0.3 is 11.1 Å². The number of rotatable bonds is 4. The fourth-order valence-corrected chi connectivity index (χ4v) is 2.22. The number of nitrogen functional groups attached to an aromatic ring is 1. The highest BCUT2D eigenvalue weighted by Gasteiger charge is 2.10. The normalized spacial score (nSPS) is 10.0. The Bertz CT molecular complexity index is 619. The van der Waals surface area contributed by atoms with Crippen LogP contribution in [0, 0.1) is 13.8 Å². The number of carbonyl (C=O) groups is 1. The number of benzene rings is 1. The van der Waals surface area contributed by atoms with Crippen LogP contribution >= 0.6 is 12.4 Å². The van der Waals surface area contributed by atoms with Crippen molar-refractivity contribution in [1.82, 2.24) is 15.1 Å². The van der Waals surface area contributed by atoms with E-state index < -0.39 is 0 Å². The predicted molar refractivity (Wildman–Crippen MR) is 86.8 cm³/mol. The zero-order valence-corrected chi connectivity index (χ0v) is 13.3. The molecule has 0 saturated carbocycles. The summed E-state index contributed by atoms with van der Waals surface area (Å²) in [6, 6.07) is 6.91. The molecule has 0 aliphatic carbocycles. The van der Waals surface area contributed by atoms with E-state index in [4.69, 9.17) is 5.73 Å². The minimum Gasteiger partial charge on any atom is -0.399 e. The molecule has 0 saturated heterocycles. The van der Waals surface area contributed by atoms with Gasteiger partial charge in [0.05, 0.1) is 5.69 Å². The zero-order chi connectivity index (χ0) is 14.7. The summed E-state index contributed by atoms with van der Waals surface area (Å²) in [5, 5.41) is 7.28. The monoisotopic (exact) mass is 308 g/mol. The van der Waals surface area contributed by atoms with Gasteiger partial charge in [-0.2, -0.15) is 5.10 Å². The van der Waals surface area contributed by atoms with E-state index >= 15 is 0 Å². The number of halogens is 1. The Balaban J connectivity index is 0.00000220. The van der Waals surface area contributed by atoms with Crippen molar-refractivity contribution in [3.8, 4) is 0 Å². The Kier molecular flexibility index (Phi) is 5.79. The minimum atomic E-state index is -0.0794. The predicted octanol–water partition coefficient (Wildman–Crippen LogP) is 2.01. The van der Waals surface area contributed by atoms with Crippen molar-refractivity contribution in [2.75, 3.05) is 12.3 Å². The topological polar surface area (TPSA) is 72.9 Å². The van der Waals surface area contributed by atoms with Crippen LogP contribution in [-0.4, -0.2) is 22.2 Å². The van der Waals surface area contributed by atoms with Crippen molar-refractivity contribution in [1.29, 1.82) is 0 Å². The summed E-state index contributed by atoms with van der Waals surface area (Å²) in [4.78, 5) is 11.9. The quantitative estimate of drug-likeness (QED) is 0.849. The lowest BCUT2D eigenvalue weighted by molar-refractivity contribution is 0.0954. The molecule has 5 nitrogen and oxygen atoms in total. The lowest BCUT2D eigenvalue weighted by atomic mass is 10.1. The first kappa shape index (κ1) is 17.0. The van der Waals surface area contributed by atoms with Gasteiger partial charge >= 0.3 is 0 Å². The summed E-state index contributed by atoms with van der Waals surface area (Å²) in [7, 11) is 1.93. The van der Waals surface area contributed by atoms with E-state index in [1.165, 1.54) is 5.56 Å². The summed E-state index contributed by atoms with van der Waals surface area (Å²) in [5.74, 6) is -0.0794. The molecule has 2 rings (SSSR count). The average Bonchev–Trinajstić information content (AvgIpc) is 2.65. The Morgan fingerprint density at radius 2 is 1.90 bits per heavy atom. The van der Waals surface area contributed by atoms with Gasteiger partial charge in [0.2, 0.25) is 0 Å². The van der Waals surface area contributed by atoms with Gasteiger partial charge in [-0.15, -0.1) is 12.4 Å². The van der Waals surface area contributed by atoms with E-state index in [-0.39, 0.29) is 18.3 Å². The summed E-state index contributed by atoms with van der Waals surface area (Å²) >= 11 is 0. The Morgan fingerprint density at radius 3 is 2.43 bits per heavy atom. The second-order valence-electron chi connectivity index (χ2n) is 4.90. The van der Waals surface area contributed by atoms with Crippen LogP contribution in [0.25, 0.3) is 0 Å². The molecule has 0 atom stereocenters. The number of nitrogens with zero attached hydrogens (tertiary/aromatic N) is 2. The van der Waals surface area contributed by atoms with E-state index in [2.05, 4.69) is 10.4 Å². The van der Waals surface area contributed by atoms with Gasteiger partial charge in [0, 0.05) is 30.5 Å². The maximum atomic E-state index is 11.9. The molecule has 0 radical (unpaired) electrons. The number of aryl methyl sites for hydroxylation is 2. The van der Waals surface area contributed by atoms with Gasteiger partial charge in [-0.3, -0.25) is 9.48 Å². The summed E-state index contributed by atoms with van der Waals surface area (Å²) < 4.78 is 1.87. The standard InChI is InChI=1S/C15H20N4O.ClH/c1-10-14(11(2)19(3)18-10)8-9-17-15(20)12-4-6-13(16)7-5-12;/h4-7H,8-9,16H2,1-3H3,(H,17,20);1H. The van der Waals surface area contributed by atoms with E-state index in [9.17, 15) is 4.79 Å². The van der Waals surface area contributed by atoms with Crippen LogP contribution in [0.1, 0.15) is 27.3 Å². The number of hydrogen-bond acceptors (Lipinski definition) is 3. The molecule has 1 aromatic heterocycles. The van der Waals surface area contributed by atoms with Crippen molar-refractivity contribution >= 4 is 24.0 Å². The number of amides is 1. The Labute approximate surface area is 130 Å². The zero-order valence-electron chi connectivity index (χ0n) is 12.5. The molecule has 3 N–H and O–H groups in total. The van der Waals surface area contributed by atoms with Gasteiger partial charge in [0.25, 0.3) is 5.91 Å². The number of aromatic nitrogens is 2. The molecular formula is C15H21ClN4O. The summed E-state index contributed by atoms with van der Waals surface area (Å²) in [5.41, 5.74) is 10.2. The maximum Gasteiger partial charge on any atom is 0.251 e. The highest BCUT2D eigenvalue weighted by atomic mass is 35.5. The summed E-state index contributed by atoms with van der Waals surface area (Å²) in [6.07, 6.45) is 0.784. The van der Waals surface area contributed by atoms with Crippen molar-refractivity contribution in [2.24, 2.45) is 7.05 Å². The van der Waals surface area contributed by atoms with Gasteiger partial charge in [-0.05, 0) is 50.1 Å². The number of anilines is 1. The summed E-state index contributed by atoms with van der Waals surface area (Å²) in [6.45, 7) is 4.62. The van der Waals surface area contributed by atoms with Crippen molar-refractivity contribution in [3.05, 3.63) is 46.8 Å². The van der Waals surface area contributed by atoms with Crippen LogP contribution < -0.4 is 11.1 Å². The number of nitrogens with two attached hydrogens (primary N) is 1. The molecule has 0 aliphatic heterocycles. The Hall–Kier alpha value is -2.01. The second kappa shape index (κ2) is 7.13. The fraction of sp³-hybridized carbons (Fsp3) is 0.333. The van der Waals surface area contributed by atoms with E-state index in [1.807, 2.05) is 25.6 Å². The van der Waals surface area contributed by atoms with E-state index in [0.717, 1.165) is 17.8 Å². The first-order chi connectivity index (χ1) is 9.49. The largest absolute Gasteiger partial charge is 0.399 e. The van der Waals surface area contributed by atoms with Crippen LogP contribution in [0.3, 0.4) is 0 Å². The highest BCUT2D eigenvalue weighted by Crippen LogP contribution is 2.12. The van der Waals surface area contributed by atoms with Gasteiger partial charge in [0.15, 0.2) is 0 Å². The lowest BCUT2D eigenvalue weighted by Crippen LogP contribution is -2.25. The third-order valence-electron chi connectivity index (χ3n) is 3.49. The first-order valence-electron chi connectivity index (χ1n) is 6.62. The SMILES string of the molecule is Cc1nn(C)c(C)c1CCNC(=O)c1ccc(N)cc1.Cl. The molecule has 1 aromatic carbocycles. The molecule has 0 spiro atoms. The molecular weight excluding hydrogens is 288 g/mol. The Morgan fingerprint density at radius 1 is 1.29 bits per heavy atom. The van der Waals surface area contributed by atoms with Gasteiger partial charge in [-0.25, -0.2) is 0 Å². The van der Waals surface area contributed by atoms with Crippen LogP contribution in [0.2, 0.25) is 0 Å². The lowest BCUT2D eigenvalue weighted by Gasteiger charge is -2.06. The molecule has 0 unspecified atom stereocenters. The highest BCUT2D eigenvalue weighted by molar-refractivity contribution is 5.94. The molecule has 6 heteroatoms. The number of hydrogen-bond donors (Lipinski definition) is 2. The first-order valence-corrected chi connectivity index (χ1v) is 6.62. The second-order valence-corrected chi connectivity index (χ2v) is 4.90. The smallest absolute Gasteiger partial charge is 0.251 e. The van der Waals surface area contributed by atoms with Crippen LogP contribution in [0.4, 0.5) is 5.69 Å². The molecule has 2 aromatic rings. The molecule has 21 heavy (non-hydrogen) atoms. The van der Waals surface area contributed by atoms with Crippen molar-refractivity contribution in [3.63, 3.8) is 0 Å². The van der Waals surface area contributed by atoms with Crippen molar-refractivity contribution < 1.29 is 4.79 Å². The van der Waals surface area contributed by atoms with E-state index in [1.54, 1.807) is 24.3 Å². The molecule has 1 heterocycles. The third-order valence-corrected chi connectivity index (χ3v) is 3.49. The minimum absolute atomic E-state index is 0. The molecule has 0 bridgehead atoms. The molecule has 1 amide bonds. The average molecular weight is 309 g/mol. The molecule has 114 valence electrons. The van der Waals surface area contributed by atoms with E-state index in [0.29, 0.717) is 17.8 Å². The number of nitrogens with one attached hydrogen (secondary N) is 1. The van der Waals surface area contributed by atoms with Crippen LogP contribution in [0.15, 0.2) is 24.3 Å². The number of carbonyl (C=O) groups excluding carboxylic acids is 1. The third kappa shape index (κ3) is 3.98. The maximum absolute atomic E-state index is 11.9. The van der Waals surface area contributed by atoms with Crippen LogP contribution in [-0.2, 0) is 13.5 Å². The van der Waals surface area contributed by atoms with Crippen LogP contribution in [0.5, 0.6) is 0 Å². The van der Waals surface area contributed by atoms with Gasteiger partial charge in [0.1, 0.15) is 0 Å².